The Balaban J connectivity index is 1.44. The minimum atomic E-state index is 0.894. The number of hydrogen-bond acceptors (Lipinski definition) is 6. The van der Waals surface area contributed by atoms with Gasteiger partial charge in [-0.2, -0.15) is 0 Å². The molecule has 0 atom stereocenters. The number of aromatic nitrogens is 2. The summed E-state index contributed by atoms with van der Waals surface area (Å²) in [6.45, 7) is 7.02. The standard InChI is InChI=1S/C17H23N5O/c1-20-5-4-16-15(12-20)17(19-13-18-16)22-8-6-21(7-9-22)11-14-3-2-10-23-14/h2-3,10,13H,4-9,11-12H2,1H3. The summed E-state index contributed by atoms with van der Waals surface area (Å²) < 4.78 is 5.45. The van der Waals surface area contributed by atoms with E-state index in [1.54, 1.807) is 12.6 Å². The van der Waals surface area contributed by atoms with Gasteiger partial charge < -0.3 is 14.2 Å². The molecule has 4 heterocycles. The second kappa shape index (κ2) is 6.29. The summed E-state index contributed by atoms with van der Waals surface area (Å²) in [6.07, 6.45) is 4.50. The molecule has 2 aliphatic heterocycles. The summed E-state index contributed by atoms with van der Waals surface area (Å²) in [6, 6.07) is 4.00. The number of likely N-dealkylation sites (N-methyl/N-ethyl adjacent to an activating group) is 1. The number of hydrogen-bond donors (Lipinski definition) is 0. The number of rotatable bonds is 3. The SMILES string of the molecule is CN1CCc2ncnc(N3CCN(Cc4ccco4)CC3)c2C1. The molecule has 1 fully saturated rings. The molecule has 2 aromatic rings. The molecule has 6 heteroatoms. The molecule has 0 unspecified atom stereocenters. The molecule has 0 spiro atoms. The van der Waals surface area contributed by atoms with Crippen LogP contribution in [0.2, 0.25) is 0 Å². The van der Waals surface area contributed by atoms with E-state index in [-0.39, 0.29) is 0 Å². The summed E-state index contributed by atoms with van der Waals surface area (Å²) in [5, 5.41) is 0. The van der Waals surface area contributed by atoms with Crippen molar-refractivity contribution in [2.75, 3.05) is 44.7 Å². The van der Waals surface area contributed by atoms with E-state index >= 15 is 0 Å². The van der Waals surface area contributed by atoms with Crippen LogP contribution in [0.25, 0.3) is 0 Å². The highest BCUT2D eigenvalue weighted by molar-refractivity contribution is 5.49. The molecule has 0 bridgehead atoms. The lowest BCUT2D eigenvalue weighted by Crippen LogP contribution is -2.47. The number of piperazine rings is 1. The highest BCUT2D eigenvalue weighted by Gasteiger charge is 2.25. The highest BCUT2D eigenvalue weighted by Crippen LogP contribution is 2.26. The monoisotopic (exact) mass is 313 g/mol. The highest BCUT2D eigenvalue weighted by atomic mass is 16.3. The van der Waals surface area contributed by atoms with Crippen LogP contribution in [0.3, 0.4) is 0 Å². The van der Waals surface area contributed by atoms with E-state index in [2.05, 4.69) is 31.7 Å². The zero-order chi connectivity index (χ0) is 15.6. The van der Waals surface area contributed by atoms with Crippen LogP contribution in [0.4, 0.5) is 5.82 Å². The second-order valence-electron chi connectivity index (χ2n) is 6.45. The lowest BCUT2D eigenvalue weighted by molar-refractivity contribution is 0.229. The third-order valence-corrected chi connectivity index (χ3v) is 4.80. The first-order valence-electron chi connectivity index (χ1n) is 8.30. The Kier molecular flexibility index (Phi) is 4.01. The van der Waals surface area contributed by atoms with E-state index in [0.717, 1.165) is 63.8 Å². The predicted molar refractivity (Wildman–Crippen MR) is 88.3 cm³/mol. The summed E-state index contributed by atoms with van der Waals surface area (Å²) in [4.78, 5) is 16.3. The predicted octanol–water partition coefficient (Wildman–Crippen LogP) is 1.38. The first-order valence-corrected chi connectivity index (χ1v) is 8.30. The molecule has 6 nitrogen and oxygen atoms in total. The molecule has 4 rings (SSSR count). The third kappa shape index (κ3) is 3.09. The molecule has 0 aromatic carbocycles. The number of nitrogens with zero attached hydrogens (tertiary/aromatic N) is 5. The van der Waals surface area contributed by atoms with Gasteiger partial charge in [0.15, 0.2) is 0 Å². The van der Waals surface area contributed by atoms with Gasteiger partial charge in [-0.1, -0.05) is 0 Å². The average molecular weight is 313 g/mol. The van der Waals surface area contributed by atoms with E-state index in [9.17, 15) is 0 Å². The molecule has 0 saturated carbocycles. The lowest BCUT2D eigenvalue weighted by Gasteiger charge is -2.37. The van der Waals surface area contributed by atoms with Crippen molar-refractivity contribution >= 4 is 5.82 Å². The van der Waals surface area contributed by atoms with Crippen molar-refractivity contribution in [2.24, 2.45) is 0 Å². The molecule has 1 saturated heterocycles. The van der Waals surface area contributed by atoms with E-state index < -0.39 is 0 Å². The fourth-order valence-corrected chi connectivity index (χ4v) is 3.47. The van der Waals surface area contributed by atoms with Gasteiger partial charge in [0, 0.05) is 51.3 Å². The first kappa shape index (κ1) is 14.7. The zero-order valence-corrected chi connectivity index (χ0v) is 13.6. The van der Waals surface area contributed by atoms with Gasteiger partial charge in [0.05, 0.1) is 18.5 Å². The molecule has 2 aromatic heterocycles. The number of furan rings is 1. The third-order valence-electron chi connectivity index (χ3n) is 4.80. The number of fused-ring (bicyclic) bond motifs is 1. The van der Waals surface area contributed by atoms with Crippen molar-refractivity contribution in [2.45, 2.75) is 19.5 Å². The van der Waals surface area contributed by atoms with Gasteiger partial charge in [0.25, 0.3) is 0 Å². The van der Waals surface area contributed by atoms with E-state index in [1.165, 1.54) is 11.3 Å². The van der Waals surface area contributed by atoms with Crippen LogP contribution < -0.4 is 4.90 Å². The van der Waals surface area contributed by atoms with Crippen LogP contribution in [0.1, 0.15) is 17.0 Å². The summed E-state index contributed by atoms with van der Waals surface area (Å²) in [7, 11) is 2.17. The minimum absolute atomic E-state index is 0.894. The van der Waals surface area contributed by atoms with Crippen LogP contribution in [0, 0.1) is 0 Å². The van der Waals surface area contributed by atoms with Crippen LogP contribution in [0.5, 0.6) is 0 Å². The zero-order valence-electron chi connectivity index (χ0n) is 13.6. The van der Waals surface area contributed by atoms with Crippen LogP contribution >= 0.6 is 0 Å². The smallest absolute Gasteiger partial charge is 0.136 e. The average Bonchev–Trinajstić information content (AvgIpc) is 3.08. The van der Waals surface area contributed by atoms with Gasteiger partial charge in [-0.05, 0) is 19.2 Å². The number of anilines is 1. The summed E-state index contributed by atoms with van der Waals surface area (Å²) in [5.41, 5.74) is 2.55. The Hall–Kier alpha value is -1.92. The Labute approximate surface area is 136 Å². The van der Waals surface area contributed by atoms with Crippen molar-refractivity contribution in [1.29, 1.82) is 0 Å². The quantitative estimate of drug-likeness (QED) is 0.853. The largest absolute Gasteiger partial charge is 0.468 e. The molecule has 23 heavy (non-hydrogen) atoms. The molecule has 0 N–H and O–H groups in total. The van der Waals surface area contributed by atoms with E-state index in [4.69, 9.17) is 4.42 Å². The summed E-state index contributed by atoms with van der Waals surface area (Å²) >= 11 is 0. The molecule has 122 valence electrons. The van der Waals surface area contributed by atoms with Crippen LogP contribution in [0.15, 0.2) is 29.1 Å². The van der Waals surface area contributed by atoms with Gasteiger partial charge in [-0.15, -0.1) is 0 Å². The van der Waals surface area contributed by atoms with Crippen molar-refractivity contribution in [3.05, 3.63) is 41.7 Å². The van der Waals surface area contributed by atoms with Gasteiger partial charge in [0.1, 0.15) is 17.9 Å². The maximum Gasteiger partial charge on any atom is 0.136 e. The fourth-order valence-electron chi connectivity index (χ4n) is 3.47. The fraction of sp³-hybridized carbons (Fsp3) is 0.529. The van der Waals surface area contributed by atoms with Gasteiger partial charge in [-0.25, -0.2) is 9.97 Å². The Bertz CT molecular complexity index is 649. The normalized spacial score (nSPS) is 19.8. The molecule has 0 aliphatic carbocycles. The topological polar surface area (TPSA) is 48.6 Å². The van der Waals surface area contributed by atoms with Crippen molar-refractivity contribution in [1.82, 2.24) is 19.8 Å². The molecule has 0 amide bonds. The molecular weight excluding hydrogens is 290 g/mol. The van der Waals surface area contributed by atoms with E-state index in [1.807, 2.05) is 12.1 Å². The molecule has 0 radical (unpaired) electrons. The van der Waals surface area contributed by atoms with E-state index in [0.29, 0.717) is 0 Å². The van der Waals surface area contributed by atoms with Crippen LogP contribution in [-0.2, 0) is 19.5 Å². The maximum absolute atomic E-state index is 5.45. The lowest BCUT2D eigenvalue weighted by atomic mass is 10.1. The van der Waals surface area contributed by atoms with Crippen LogP contribution in [-0.4, -0.2) is 59.5 Å². The van der Waals surface area contributed by atoms with Gasteiger partial charge in [-0.3, -0.25) is 4.90 Å². The second-order valence-corrected chi connectivity index (χ2v) is 6.45. The van der Waals surface area contributed by atoms with Crippen molar-refractivity contribution < 1.29 is 4.42 Å². The van der Waals surface area contributed by atoms with Crippen molar-refractivity contribution in [3.63, 3.8) is 0 Å². The Morgan fingerprint density at radius 1 is 1.13 bits per heavy atom. The van der Waals surface area contributed by atoms with Gasteiger partial charge >= 0.3 is 0 Å². The minimum Gasteiger partial charge on any atom is -0.468 e. The maximum atomic E-state index is 5.45. The van der Waals surface area contributed by atoms with Gasteiger partial charge in [0.2, 0.25) is 0 Å². The first-order chi connectivity index (χ1) is 11.3. The Morgan fingerprint density at radius 2 is 2.00 bits per heavy atom. The molecule has 2 aliphatic rings. The molecular formula is C17H23N5O. The van der Waals surface area contributed by atoms with Crippen molar-refractivity contribution in [3.8, 4) is 0 Å². The Morgan fingerprint density at radius 3 is 2.78 bits per heavy atom. The summed E-state index contributed by atoms with van der Waals surface area (Å²) in [5.74, 6) is 2.18.